The highest BCUT2D eigenvalue weighted by Crippen LogP contribution is 2.06. The van der Waals surface area contributed by atoms with Gasteiger partial charge in [-0.3, -0.25) is 9.69 Å². The molecule has 0 aromatic heterocycles. The van der Waals surface area contributed by atoms with Gasteiger partial charge in [0.05, 0.1) is 12.6 Å². The van der Waals surface area contributed by atoms with E-state index in [1.807, 2.05) is 13.8 Å². The van der Waals surface area contributed by atoms with Crippen molar-refractivity contribution in [3.05, 3.63) is 0 Å². The molecule has 1 heterocycles. The molecule has 2 atom stereocenters. The maximum absolute atomic E-state index is 11.5. The summed E-state index contributed by atoms with van der Waals surface area (Å²) in [5.74, 6) is -0.119. The Labute approximate surface area is 92.0 Å². The fourth-order valence-corrected chi connectivity index (χ4v) is 1.78. The third-order valence-corrected chi connectivity index (χ3v) is 2.59. The van der Waals surface area contributed by atoms with Crippen molar-refractivity contribution in [2.75, 3.05) is 19.6 Å². The largest absolute Gasteiger partial charge is 0.462 e. The molecular formula is C11H22N2O2. The second-order valence-corrected chi connectivity index (χ2v) is 4.63. The van der Waals surface area contributed by atoms with Crippen LogP contribution in [-0.4, -0.2) is 48.7 Å². The first-order valence-electron chi connectivity index (χ1n) is 5.66. The third-order valence-electron chi connectivity index (χ3n) is 2.59. The van der Waals surface area contributed by atoms with Gasteiger partial charge in [0.15, 0.2) is 0 Å². The first kappa shape index (κ1) is 12.5. The normalized spacial score (nSPS) is 28.1. The van der Waals surface area contributed by atoms with Crippen LogP contribution < -0.4 is 5.32 Å². The molecule has 1 aliphatic rings. The zero-order valence-corrected chi connectivity index (χ0v) is 10.1. The third kappa shape index (κ3) is 4.18. The molecule has 2 unspecified atom stereocenters. The predicted octanol–water partition coefficient (Wildman–Crippen LogP) is 0.620. The number of carbonyl (C=O) groups is 1. The fraction of sp³-hybridized carbons (Fsp3) is 0.909. The molecule has 1 N–H and O–H groups in total. The van der Waals surface area contributed by atoms with Gasteiger partial charge in [-0.15, -0.1) is 0 Å². The summed E-state index contributed by atoms with van der Waals surface area (Å²) in [5, 5.41) is 3.38. The molecule has 1 rings (SSSR count). The Morgan fingerprint density at radius 2 is 2.20 bits per heavy atom. The summed E-state index contributed by atoms with van der Waals surface area (Å²) < 4.78 is 5.14. The van der Waals surface area contributed by atoms with Gasteiger partial charge in [-0.25, -0.2) is 0 Å². The van der Waals surface area contributed by atoms with Crippen LogP contribution in [0.15, 0.2) is 0 Å². The molecule has 4 heteroatoms. The zero-order valence-electron chi connectivity index (χ0n) is 10.1. The lowest BCUT2D eigenvalue weighted by molar-refractivity contribution is -0.149. The topological polar surface area (TPSA) is 41.6 Å². The van der Waals surface area contributed by atoms with Gasteiger partial charge in [0.2, 0.25) is 0 Å². The standard InChI is InChI=1S/C11H22N2O2/c1-8(2)15-11(14)7-13-6-9(3)12-5-10(13)4/h8-10,12H,5-7H2,1-4H3. The molecule has 0 bridgehead atoms. The van der Waals surface area contributed by atoms with E-state index in [-0.39, 0.29) is 12.1 Å². The van der Waals surface area contributed by atoms with E-state index in [1.54, 1.807) is 0 Å². The van der Waals surface area contributed by atoms with Gasteiger partial charge in [0.25, 0.3) is 0 Å². The van der Waals surface area contributed by atoms with Crippen molar-refractivity contribution in [2.24, 2.45) is 0 Å². The van der Waals surface area contributed by atoms with Crippen LogP contribution in [0.4, 0.5) is 0 Å². The van der Waals surface area contributed by atoms with Crippen LogP contribution in [0.1, 0.15) is 27.7 Å². The van der Waals surface area contributed by atoms with E-state index in [0.29, 0.717) is 18.6 Å². The molecule has 0 aliphatic carbocycles. The van der Waals surface area contributed by atoms with Gasteiger partial charge in [-0.1, -0.05) is 0 Å². The van der Waals surface area contributed by atoms with Crippen LogP contribution in [0.2, 0.25) is 0 Å². The Bertz CT molecular complexity index is 219. The van der Waals surface area contributed by atoms with Crippen molar-refractivity contribution in [3.63, 3.8) is 0 Å². The summed E-state index contributed by atoms with van der Waals surface area (Å²) in [6, 6.07) is 0.856. The second kappa shape index (κ2) is 5.47. The Balaban J connectivity index is 2.38. The highest BCUT2D eigenvalue weighted by atomic mass is 16.5. The number of nitrogens with one attached hydrogen (secondary N) is 1. The molecule has 0 saturated carbocycles. The first-order chi connectivity index (χ1) is 6.99. The fourth-order valence-electron chi connectivity index (χ4n) is 1.78. The zero-order chi connectivity index (χ0) is 11.4. The van der Waals surface area contributed by atoms with Gasteiger partial charge >= 0.3 is 5.97 Å². The second-order valence-electron chi connectivity index (χ2n) is 4.63. The van der Waals surface area contributed by atoms with E-state index in [9.17, 15) is 4.79 Å². The smallest absolute Gasteiger partial charge is 0.320 e. The molecule has 0 aromatic carbocycles. The molecule has 4 nitrogen and oxygen atoms in total. The van der Waals surface area contributed by atoms with Crippen LogP contribution in [-0.2, 0) is 9.53 Å². The number of piperazine rings is 1. The average Bonchev–Trinajstić information content (AvgIpc) is 2.10. The van der Waals surface area contributed by atoms with Crippen molar-refractivity contribution >= 4 is 5.97 Å². The number of rotatable bonds is 3. The van der Waals surface area contributed by atoms with Crippen LogP contribution in [0.3, 0.4) is 0 Å². The minimum absolute atomic E-state index is 0.0202. The summed E-state index contributed by atoms with van der Waals surface area (Å²) in [4.78, 5) is 13.7. The number of nitrogens with zero attached hydrogens (tertiary/aromatic N) is 1. The van der Waals surface area contributed by atoms with Crippen LogP contribution >= 0.6 is 0 Å². The highest BCUT2D eigenvalue weighted by molar-refractivity contribution is 5.71. The molecule has 0 radical (unpaired) electrons. The van der Waals surface area contributed by atoms with Crippen LogP contribution in [0, 0.1) is 0 Å². The van der Waals surface area contributed by atoms with Crippen molar-refractivity contribution in [3.8, 4) is 0 Å². The van der Waals surface area contributed by atoms with Crippen LogP contribution in [0.5, 0.6) is 0 Å². The van der Waals surface area contributed by atoms with Crippen molar-refractivity contribution < 1.29 is 9.53 Å². The Kier molecular flexibility index (Phi) is 4.54. The summed E-state index contributed by atoms with van der Waals surface area (Å²) >= 11 is 0. The summed E-state index contributed by atoms with van der Waals surface area (Å²) in [7, 11) is 0. The summed E-state index contributed by atoms with van der Waals surface area (Å²) in [6.45, 7) is 10.3. The minimum Gasteiger partial charge on any atom is -0.462 e. The maximum Gasteiger partial charge on any atom is 0.320 e. The van der Waals surface area contributed by atoms with Gasteiger partial charge < -0.3 is 10.1 Å². The molecule has 0 amide bonds. The van der Waals surface area contributed by atoms with E-state index in [4.69, 9.17) is 4.74 Å². The number of esters is 1. The summed E-state index contributed by atoms with van der Waals surface area (Å²) in [5.41, 5.74) is 0. The van der Waals surface area contributed by atoms with E-state index < -0.39 is 0 Å². The van der Waals surface area contributed by atoms with Gasteiger partial charge in [0, 0.05) is 25.2 Å². The Hall–Kier alpha value is -0.610. The SMILES string of the molecule is CC1CN(CC(=O)OC(C)C)C(C)CN1. The molecule has 0 spiro atoms. The van der Waals surface area contributed by atoms with E-state index in [1.165, 1.54) is 0 Å². The molecular weight excluding hydrogens is 192 g/mol. The first-order valence-corrected chi connectivity index (χ1v) is 5.66. The van der Waals surface area contributed by atoms with Crippen molar-refractivity contribution in [1.82, 2.24) is 10.2 Å². The molecule has 0 aromatic rings. The Morgan fingerprint density at radius 3 is 2.80 bits per heavy atom. The average molecular weight is 214 g/mol. The van der Waals surface area contributed by atoms with E-state index in [0.717, 1.165) is 13.1 Å². The number of carbonyl (C=O) groups excluding carboxylic acids is 1. The quantitative estimate of drug-likeness (QED) is 0.699. The molecule has 1 fully saturated rings. The summed E-state index contributed by atoms with van der Waals surface area (Å²) in [6.07, 6.45) is -0.0202. The monoisotopic (exact) mass is 214 g/mol. The van der Waals surface area contributed by atoms with Crippen molar-refractivity contribution in [2.45, 2.75) is 45.9 Å². The van der Waals surface area contributed by atoms with E-state index in [2.05, 4.69) is 24.1 Å². The minimum atomic E-state index is -0.119. The number of hydrogen-bond donors (Lipinski definition) is 1. The predicted molar refractivity (Wildman–Crippen MR) is 59.7 cm³/mol. The highest BCUT2D eigenvalue weighted by Gasteiger charge is 2.24. The number of hydrogen-bond acceptors (Lipinski definition) is 4. The molecule has 88 valence electrons. The molecule has 1 aliphatic heterocycles. The van der Waals surface area contributed by atoms with Gasteiger partial charge in [0.1, 0.15) is 0 Å². The Morgan fingerprint density at radius 1 is 1.53 bits per heavy atom. The van der Waals surface area contributed by atoms with Crippen molar-refractivity contribution in [1.29, 1.82) is 0 Å². The van der Waals surface area contributed by atoms with E-state index >= 15 is 0 Å². The van der Waals surface area contributed by atoms with Gasteiger partial charge in [-0.05, 0) is 27.7 Å². The number of ether oxygens (including phenoxy) is 1. The molecule has 1 saturated heterocycles. The lowest BCUT2D eigenvalue weighted by Crippen LogP contribution is -2.55. The maximum atomic E-state index is 11.5. The van der Waals surface area contributed by atoms with Crippen LogP contribution in [0.25, 0.3) is 0 Å². The molecule has 15 heavy (non-hydrogen) atoms. The van der Waals surface area contributed by atoms with Gasteiger partial charge in [-0.2, -0.15) is 0 Å². The lowest BCUT2D eigenvalue weighted by Gasteiger charge is -2.36. The lowest BCUT2D eigenvalue weighted by atomic mass is 10.1.